The standard InChI is InChI=1S/C7H16O7/c8-1-3(10)5(12)7(14)6(13)4(11)2-9/h3-14H,1-2H2/t3-,4?,5-,6-,7+/m1/s1. The number of hydrogen-bond donors (Lipinski definition) is 7. The van der Waals surface area contributed by atoms with Crippen molar-refractivity contribution < 1.29 is 35.7 Å². The summed E-state index contributed by atoms with van der Waals surface area (Å²) >= 11 is 0. The van der Waals surface area contributed by atoms with Gasteiger partial charge in [0.2, 0.25) is 0 Å². The van der Waals surface area contributed by atoms with Gasteiger partial charge in [-0.05, 0) is 0 Å². The maximum atomic E-state index is 9.15. The lowest BCUT2D eigenvalue weighted by Crippen LogP contribution is -2.50. The summed E-state index contributed by atoms with van der Waals surface area (Å²) in [5.74, 6) is 0. The molecule has 0 amide bonds. The fourth-order valence-corrected chi connectivity index (χ4v) is 0.873. The van der Waals surface area contributed by atoms with E-state index >= 15 is 0 Å². The molecule has 0 saturated heterocycles. The summed E-state index contributed by atoms with van der Waals surface area (Å²) in [6, 6.07) is 0. The van der Waals surface area contributed by atoms with Crippen LogP contribution in [0.4, 0.5) is 0 Å². The molecular weight excluding hydrogens is 196 g/mol. The molecule has 0 aromatic heterocycles. The van der Waals surface area contributed by atoms with E-state index < -0.39 is 43.7 Å². The van der Waals surface area contributed by atoms with Crippen LogP contribution in [0, 0.1) is 0 Å². The Labute approximate surface area is 80.5 Å². The van der Waals surface area contributed by atoms with E-state index in [1.807, 2.05) is 0 Å². The minimum atomic E-state index is -1.85. The number of aliphatic hydroxyl groups excluding tert-OH is 7. The zero-order chi connectivity index (χ0) is 11.3. The zero-order valence-corrected chi connectivity index (χ0v) is 7.43. The molecular formula is C7H16O7. The average Bonchev–Trinajstić information content (AvgIpc) is 2.23. The Hall–Kier alpha value is -0.280. The van der Waals surface area contributed by atoms with E-state index in [2.05, 4.69) is 0 Å². The van der Waals surface area contributed by atoms with E-state index in [0.29, 0.717) is 0 Å². The Morgan fingerprint density at radius 1 is 0.571 bits per heavy atom. The second kappa shape index (κ2) is 6.25. The van der Waals surface area contributed by atoms with Gasteiger partial charge in [-0.3, -0.25) is 0 Å². The van der Waals surface area contributed by atoms with Crippen molar-refractivity contribution >= 4 is 0 Å². The third-order valence-electron chi connectivity index (χ3n) is 1.86. The number of hydrogen-bond acceptors (Lipinski definition) is 7. The van der Waals surface area contributed by atoms with Crippen molar-refractivity contribution in [1.82, 2.24) is 0 Å². The van der Waals surface area contributed by atoms with Crippen molar-refractivity contribution in [1.29, 1.82) is 0 Å². The number of aliphatic hydroxyl groups is 7. The van der Waals surface area contributed by atoms with Gasteiger partial charge in [0.15, 0.2) is 0 Å². The monoisotopic (exact) mass is 212 g/mol. The molecule has 14 heavy (non-hydrogen) atoms. The highest BCUT2D eigenvalue weighted by Gasteiger charge is 2.33. The van der Waals surface area contributed by atoms with Crippen molar-refractivity contribution in [2.45, 2.75) is 30.5 Å². The molecule has 0 rings (SSSR count). The second-order valence-corrected chi connectivity index (χ2v) is 2.97. The van der Waals surface area contributed by atoms with Crippen LogP contribution >= 0.6 is 0 Å². The van der Waals surface area contributed by atoms with Gasteiger partial charge in [-0.15, -0.1) is 0 Å². The Morgan fingerprint density at radius 2 is 0.857 bits per heavy atom. The molecule has 0 aromatic rings. The molecule has 0 radical (unpaired) electrons. The quantitative estimate of drug-likeness (QED) is 0.236. The summed E-state index contributed by atoms with van der Waals surface area (Å²) in [5, 5.41) is 61.9. The summed E-state index contributed by atoms with van der Waals surface area (Å²) in [7, 11) is 0. The van der Waals surface area contributed by atoms with Gasteiger partial charge >= 0.3 is 0 Å². The van der Waals surface area contributed by atoms with Crippen LogP contribution in [0.25, 0.3) is 0 Å². The third-order valence-corrected chi connectivity index (χ3v) is 1.86. The lowest BCUT2D eigenvalue weighted by atomic mass is 10.00. The predicted octanol–water partition coefficient (Wildman–Crippen LogP) is -4.22. The average molecular weight is 212 g/mol. The van der Waals surface area contributed by atoms with Crippen molar-refractivity contribution in [3.05, 3.63) is 0 Å². The van der Waals surface area contributed by atoms with E-state index in [0.717, 1.165) is 0 Å². The molecule has 0 aliphatic heterocycles. The van der Waals surface area contributed by atoms with Crippen molar-refractivity contribution in [2.75, 3.05) is 13.2 Å². The molecule has 0 aliphatic carbocycles. The topological polar surface area (TPSA) is 142 Å². The molecule has 1 unspecified atom stereocenters. The first-order chi connectivity index (χ1) is 6.45. The van der Waals surface area contributed by atoms with E-state index in [9.17, 15) is 0 Å². The molecule has 0 aliphatic rings. The summed E-state index contributed by atoms with van der Waals surface area (Å²) in [6.45, 7) is -1.58. The van der Waals surface area contributed by atoms with Crippen LogP contribution in [0.15, 0.2) is 0 Å². The Balaban J connectivity index is 4.22. The molecule has 0 aromatic carbocycles. The van der Waals surface area contributed by atoms with Crippen molar-refractivity contribution in [3.63, 3.8) is 0 Å². The smallest absolute Gasteiger partial charge is 0.111 e. The maximum absolute atomic E-state index is 9.15. The SMILES string of the molecule is OCC(O)[C@@H](O)[C@@H](O)[C@H](O)[C@H](O)CO. The molecule has 0 fully saturated rings. The van der Waals surface area contributed by atoms with E-state index in [-0.39, 0.29) is 0 Å². The van der Waals surface area contributed by atoms with Crippen LogP contribution in [0.3, 0.4) is 0 Å². The van der Waals surface area contributed by atoms with Crippen LogP contribution < -0.4 is 0 Å². The molecule has 0 heterocycles. The van der Waals surface area contributed by atoms with E-state index in [4.69, 9.17) is 35.7 Å². The van der Waals surface area contributed by atoms with Gasteiger partial charge in [-0.2, -0.15) is 0 Å². The van der Waals surface area contributed by atoms with Gasteiger partial charge in [0.25, 0.3) is 0 Å². The van der Waals surface area contributed by atoms with Gasteiger partial charge in [-0.1, -0.05) is 0 Å². The highest BCUT2D eigenvalue weighted by Crippen LogP contribution is 2.07. The first-order valence-electron chi connectivity index (χ1n) is 4.07. The minimum absolute atomic E-state index is 0.792. The fourth-order valence-electron chi connectivity index (χ4n) is 0.873. The lowest BCUT2D eigenvalue weighted by Gasteiger charge is -2.27. The zero-order valence-electron chi connectivity index (χ0n) is 7.43. The van der Waals surface area contributed by atoms with Gasteiger partial charge in [0.1, 0.15) is 30.5 Å². The second-order valence-electron chi connectivity index (χ2n) is 2.97. The van der Waals surface area contributed by atoms with Gasteiger partial charge < -0.3 is 35.7 Å². The Bertz CT molecular complexity index is 137. The normalized spacial score (nSPS) is 22.5. The van der Waals surface area contributed by atoms with Crippen molar-refractivity contribution in [3.8, 4) is 0 Å². The predicted molar refractivity (Wildman–Crippen MR) is 44.2 cm³/mol. The van der Waals surface area contributed by atoms with Crippen LogP contribution in [0.5, 0.6) is 0 Å². The first-order valence-corrected chi connectivity index (χ1v) is 4.07. The Morgan fingerprint density at radius 3 is 1.07 bits per heavy atom. The third kappa shape index (κ3) is 3.46. The number of rotatable bonds is 6. The molecule has 86 valence electrons. The molecule has 0 saturated carbocycles. The molecule has 5 atom stereocenters. The first kappa shape index (κ1) is 13.7. The lowest BCUT2D eigenvalue weighted by molar-refractivity contribution is -0.145. The van der Waals surface area contributed by atoms with Crippen molar-refractivity contribution in [2.24, 2.45) is 0 Å². The van der Waals surface area contributed by atoms with Crippen LogP contribution in [0.1, 0.15) is 0 Å². The Kier molecular flexibility index (Phi) is 6.12. The molecule has 7 heteroatoms. The van der Waals surface area contributed by atoms with Crippen LogP contribution in [0.2, 0.25) is 0 Å². The van der Waals surface area contributed by atoms with E-state index in [1.165, 1.54) is 0 Å². The molecule has 0 bridgehead atoms. The largest absolute Gasteiger partial charge is 0.394 e. The fraction of sp³-hybridized carbons (Fsp3) is 1.00. The highest BCUT2D eigenvalue weighted by molar-refractivity contribution is 4.84. The summed E-state index contributed by atoms with van der Waals surface area (Å²) in [5.41, 5.74) is 0. The van der Waals surface area contributed by atoms with Crippen LogP contribution in [-0.2, 0) is 0 Å². The minimum Gasteiger partial charge on any atom is -0.394 e. The van der Waals surface area contributed by atoms with Gasteiger partial charge in [0, 0.05) is 0 Å². The summed E-state index contributed by atoms with van der Waals surface area (Å²) in [4.78, 5) is 0. The van der Waals surface area contributed by atoms with Crippen LogP contribution in [-0.4, -0.2) is 79.5 Å². The van der Waals surface area contributed by atoms with Gasteiger partial charge in [-0.25, -0.2) is 0 Å². The maximum Gasteiger partial charge on any atom is 0.111 e. The highest BCUT2D eigenvalue weighted by atomic mass is 16.4. The van der Waals surface area contributed by atoms with Gasteiger partial charge in [0.05, 0.1) is 13.2 Å². The molecule has 0 spiro atoms. The molecule has 7 N–H and O–H groups in total. The molecule has 7 nitrogen and oxygen atoms in total. The van der Waals surface area contributed by atoms with E-state index in [1.54, 1.807) is 0 Å². The summed E-state index contributed by atoms with van der Waals surface area (Å²) in [6.07, 6.45) is -8.68. The summed E-state index contributed by atoms with van der Waals surface area (Å²) < 4.78 is 0.